The molecular weight excluding hydrogens is 278 g/mol. The lowest BCUT2D eigenvalue weighted by Crippen LogP contribution is -2.15. The molecule has 0 spiro atoms. The summed E-state index contributed by atoms with van der Waals surface area (Å²) in [6, 6.07) is 9.76. The van der Waals surface area contributed by atoms with Gasteiger partial charge in [-0.25, -0.2) is 0 Å². The summed E-state index contributed by atoms with van der Waals surface area (Å²) in [6.07, 6.45) is 1.97. The fourth-order valence-corrected chi connectivity index (χ4v) is 2.40. The normalized spacial score (nSPS) is 10.9. The van der Waals surface area contributed by atoms with E-state index in [-0.39, 0.29) is 18.3 Å². The van der Waals surface area contributed by atoms with Crippen molar-refractivity contribution in [3.63, 3.8) is 0 Å². The Kier molecular flexibility index (Phi) is 4.81. The average molecular weight is 299 g/mol. The van der Waals surface area contributed by atoms with Crippen LogP contribution in [0.5, 0.6) is 0 Å². The Morgan fingerprint density at radius 2 is 1.86 bits per heavy atom. The minimum atomic E-state index is -0.896. The highest BCUT2D eigenvalue weighted by Crippen LogP contribution is 2.18. The molecule has 0 amide bonds. The molecule has 4 heteroatoms. The van der Waals surface area contributed by atoms with E-state index in [1.54, 1.807) is 12.3 Å². The predicted molar refractivity (Wildman–Crippen MR) is 86.8 cm³/mol. The zero-order valence-corrected chi connectivity index (χ0v) is 13.2. The van der Waals surface area contributed by atoms with Crippen molar-refractivity contribution in [3.8, 4) is 5.69 Å². The Morgan fingerprint density at radius 1 is 1.23 bits per heavy atom. The number of pyridine rings is 1. The standard InChI is InChI=1S/C18H21NO3/c1-12(2)14-4-7-16(8-5-14)19-11-15(6-9-18(21)22)17(20)10-13(19)3/h4-5,7-8,10-12H,6,9H2,1-3H3,(H,21,22). The molecule has 22 heavy (non-hydrogen) atoms. The van der Waals surface area contributed by atoms with Crippen LogP contribution in [0.3, 0.4) is 0 Å². The number of carbonyl (C=O) groups is 1. The van der Waals surface area contributed by atoms with Gasteiger partial charge in [0.1, 0.15) is 0 Å². The van der Waals surface area contributed by atoms with Gasteiger partial charge in [-0.2, -0.15) is 0 Å². The van der Waals surface area contributed by atoms with Crippen LogP contribution in [0.2, 0.25) is 0 Å². The first-order valence-electron chi connectivity index (χ1n) is 7.43. The third-order valence-electron chi connectivity index (χ3n) is 3.77. The van der Waals surface area contributed by atoms with Crippen LogP contribution in [-0.2, 0) is 11.2 Å². The van der Waals surface area contributed by atoms with Gasteiger partial charge in [0, 0.05) is 35.6 Å². The molecule has 0 unspecified atom stereocenters. The number of aryl methyl sites for hydroxylation is 2. The van der Waals surface area contributed by atoms with Crippen molar-refractivity contribution in [2.75, 3.05) is 0 Å². The molecule has 0 fully saturated rings. The summed E-state index contributed by atoms with van der Waals surface area (Å²) in [5, 5.41) is 8.78. The van der Waals surface area contributed by atoms with Crippen molar-refractivity contribution >= 4 is 5.97 Å². The molecule has 1 heterocycles. The monoisotopic (exact) mass is 299 g/mol. The quantitative estimate of drug-likeness (QED) is 0.921. The van der Waals surface area contributed by atoms with E-state index < -0.39 is 5.97 Å². The second kappa shape index (κ2) is 6.60. The van der Waals surface area contributed by atoms with Gasteiger partial charge in [-0.1, -0.05) is 26.0 Å². The van der Waals surface area contributed by atoms with Gasteiger partial charge >= 0.3 is 5.97 Å². The number of nitrogens with zero attached hydrogens (tertiary/aromatic N) is 1. The van der Waals surface area contributed by atoms with Crippen LogP contribution in [0.25, 0.3) is 5.69 Å². The number of aromatic nitrogens is 1. The number of carboxylic acid groups (broad SMARTS) is 1. The van der Waals surface area contributed by atoms with E-state index in [1.807, 2.05) is 23.6 Å². The van der Waals surface area contributed by atoms with E-state index in [9.17, 15) is 9.59 Å². The maximum Gasteiger partial charge on any atom is 0.303 e. The Labute approximate surface area is 130 Å². The van der Waals surface area contributed by atoms with E-state index in [4.69, 9.17) is 5.11 Å². The molecule has 0 saturated carbocycles. The van der Waals surface area contributed by atoms with Crippen molar-refractivity contribution in [3.05, 3.63) is 63.6 Å². The summed E-state index contributed by atoms with van der Waals surface area (Å²) in [5.41, 5.74) is 3.49. The number of carboxylic acids is 1. The van der Waals surface area contributed by atoms with E-state index in [0.29, 0.717) is 11.5 Å². The largest absolute Gasteiger partial charge is 0.481 e. The maximum atomic E-state index is 12.0. The average Bonchev–Trinajstić information content (AvgIpc) is 2.46. The number of hydrogen-bond donors (Lipinski definition) is 1. The summed E-state index contributed by atoms with van der Waals surface area (Å²) in [5.74, 6) is -0.428. The SMILES string of the molecule is Cc1cc(=O)c(CCC(=O)O)cn1-c1ccc(C(C)C)cc1. The van der Waals surface area contributed by atoms with Gasteiger partial charge in [0.2, 0.25) is 0 Å². The lowest BCUT2D eigenvalue weighted by atomic mass is 10.0. The highest BCUT2D eigenvalue weighted by Gasteiger charge is 2.08. The summed E-state index contributed by atoms with van der Waals surface area (Å²) in [4.78, 5) is 22.7. The fourth-order valence-electron chi connectivity index (χ4n) is 2.40. The molecule has 116 valence electrons. The number of aliphatic carboxylic acids is 1. The molecular formula is C18H21NO3. The van der Waals surface area contributed by atoms with E-state index >= 15 is 0 Å². The van der Waals surface area contributed by atoms with Gasteiger partial charge in [-0.05, 0) is 37.0 Å². The van der Waals surface area contributed by atoms with Crippen molar-refractivity contribution < 1.29 is 9.90 Å². The molecule has 0 atom stereocenters. The molecule has 4 nitrogen and oxygen atoms in total. The molecule has 0 saturated heterocycles. The van der Waals surface area contributed by atoms with Crippen molar-refractivity contribution in [1.29, 1.82) is 0 Å². The Bertz CT molecular complexity index is 727. The molecule has 0 aliphatic heterocycles. The molecule has 0 radical (unpaired) electrons. The summed E-state index contributed by atoms with van der Waals surface area (Å²) in [6.45, 7) is 6.16. The zero-order chi connectivity index (χ0) is 16.3. The number of rotatable bonds is 5. The van der Waals surface area contributed by atoms with E-state index in [1.165, 1.54) is 5.56 Å². The summed E-state index contributed by atoms with van der Waals surface area (Å²) < 4.78 is 1.93. The topological polar surface area (TPSA) is 59.3 Å². The highest BCUT2D eigenvalue weighted by molar-refractivity contribution is 5.67. The van der Waals surface area contributed by atoms with Crippen molar-refractivity contribution in [2.45, 2.75) is 39.5 Å². The Morgan fingerprint density at radius 3 is 2.41 bits per heavy atom. The summed E-state index contributed by atoms with van der Waals surface area (Å²) in [7, 11) is 0. The number of benzene rings is 1. The van der Waals surface area contributed by atoms with Crippen LogP contribution in [0.4, 0.5) is 0 Å². The minimum absolute atomic E-state index is 0.0371. The Balaban J connectivity index is 2.39. The van der Waals surface area contributed by atoms with Crippen LogP contribution < -0.4 is 5.43 Å². The first kappa shape index (κ1) is 16.0. The first-order valence-corrected chi connectivity index (χ1v) is 7.43. The van der Waals surface area contributed by atoms with Gasteiger partial charge in [-0.15, -0.1) is 0 Å². The molecule has 0 aliphatic rings. The van der Waals surface area contributed by atoms with Crippen LogP contribution >= 0.6 is 0 Å². The van der Waals surface area contributed by atoms with Crippen LogP contribution in [0.15, 0.2) is 41.3 Å². The molecule has 0 aliphatic carbocycles. The van der Waals surface area contributed by atoms with E-state index in [2.05, 4.69) is 26.0 Å². The van der Waals surface area contributed by atoms with Crippen LogP contribution in [0, 0.1) is 6.92 Å². The maximum absolute atomic E-state index is 12.0. The van der Waals surface area contributed by atoms with Crippen molar-refractivity contribution in [1.82, 2.24) is 4.57 Å². The predicted octanol–water partition coefficient (Wildman–Crippen LogP) is 3.29. The second-order valence-corrected chi connectivity index (χ2v) is 5.81. The molecule has 1 N–H and O–H groups in total. The molecule has 2 aromatic rings. The smallest absolute Gasteiger partial charge is 0.303 e. The summed E-state index contributed by atoms with van der Waals surface area (Å²) >= 11 is 0. The lowest BCUT2D eigenvalue weighted by Gasteiger charge is -2.14. The second-order valence-electron chi connectivity index (χ2n) is 5.81. The van der Waals surface area contributed by atoms with Gasteiger partial charge in [0.15, 0.2) is 5.43 Å². The molecule has 0 bridgehead atoms. The molecule has 1 aromatic heterocycles. The zero-order valence-electron chi connectivity index (χ0n) is 13.2. The molecule has 1 aromatic carbocycles. The molecule has 2 rings (SSSR count). The van der Waals surface area contributed by atoms with Gasteiger partial charge in [0.05, 0.1) is 0 Å². The third kappa shape index (κ3) is 3.64. The van der Waals surface area contributed by atoms with Crippen LogP contribution in [-0.4, -0.2) is 15.6 Å². The van der Waals surface area contributed by atoms with Crippen LogP contribution in [0.1, 0.15) is 43.0 Å². The van der Waals surface area contributed by atoms with Crippen molar-refractivity contribution in [2.24, 2.45) is 0 Å². The lowest BCUT2D eigenvalue weighted by molar-refractivity contribution is -0.136. The Hall–Kier alpha value is -2.36. The highest BCUT2D eigenvalue weighted by atomic mass is 16.4. The van der Waals surface area contributed by atoms with Gasteiger partial charge in [0.25, 0.3) is 0 Å². The fraction of sp³-hybridized carbons (Fsp3) is 0.333. The van der Waals surface area contributed by atoms with Gasteiger partial charge < -0.3 is 9.67 Å². The first-order chi connectivity index (χ1) is 10.4. The number of hydrogen-bond acceptors (Lipinski definition) is 2. The van der Waals surface area contributed by atoms with Gasteiger partial charge in [-0.3, -0.25) is 9.59 Å². The minimum Gasteiger partial charge on any atom is -0.481 e. The third-order valence-corrected chi connectivity index (χ3v) is 3.77. The van der Waals surface area contributed by atoms with E-state index in [0.717, 1.165) is 11.4 Å².